The first-order valence-corrected chi connectivity index (χ1v) is 5.33. The lowest BCUT2D eigenvalue weighted by Crippen LogP contribution is -1.92. The van der Waals surface area contributed by atoms with E-state index in [-0.39, 0.29) is 0 Å². The first-order valence-electron chi connectivity index (χ1n) is 4.15. The first kappa shape index (κ1) is 11.1. The van der Waals surface area contributed by atoms with E-state index in [9.17, 15) is 4.57 Å². The highest BCUT2D eigenvalue weighted by molar-refractivity contribution is 7.40. The summed E-state index contributed by atoms with van der Waals surface area (Å²) in [5, 5.41) is 2.70. The van der Waals surface area contributed by atoms with Crippen LogP contribution in [-0.4, -0.2) is 7.11 Å². The maximum atomic E-state index is 11.1. The Labute approximate surface area is 84.1 Å². The summed E-state index contributed by atoms with van der Waals surface area (Å²) >= 11 is 0. The summed E-state index contributed by atoms with van der Waals surface area (Å²) in [6.45, 7) is 3.94. The summed E-state index contributed by atoms with van der Waals surface area (Å²) < 4.78 is 15.6. The SMILES string of the molecule is COO[P+](=O)Nc1ccc(C)cc1C. The molecule has 5 heteroatoms. The van der Waals surface area contributed by atoms with Gasteiger partial charge in [-0.05, 0) is 25.5 Å². The van der Waals surface area contributed by atoms with Crippen molar-refractivity contribution >= 4 is 13.9 Å². The summed E-state index contributed by atoms with van der Waals surface area (Å²) in [6, 6.07) is 5.79. The number of aryl methyl sites for hydroxylation is 2. The first-order chi connectivity index (χ1) is 6.63. The van der Waals surface area contributed by atoms with Gasteiger partial charge >= 0.3 is 8.18 Å². The number of hydrogen-bond acceptors (Lipinski definition) is 3. The van der Waals surface area contributed by atoms with Gasteiger partial charge in [-0.1, -0.05) is 17.7 Å². The number of benzene rings is 1. The molecule has 0 amide bonds. The number of nitrogens with one attached hydrogen (secondary N) is 1. The fourth-order valence-corrected chi connectivity index (χ4v) is 1.74. The van der Waals surface area contributed by atoms with E-state index in [2.05, 4.69) is 14.6 Å². The molecule has 1 aromatic carbocycles. The van der Waals surface area contributed by atoms with E-state index in [0.29, 0.717) is 0 Å². The second-order valence-corrected chi connectivity index (χ2v) is 3.82. The van der Waals surface area contributed by atoms with E-state index in [0.717, 1.165) is 16.8 Å². The Balaban J connectivity index is 2.72. The van der Waals surface area contributed by atoms with Gasteiger partial charge in [-0.25, -0.2) is 0 Å². The van der Waals surface area contributed by atoms with Crippen LogP contribution in [0.15, 0.2) is 18.2 Å². The van der Waals surface area contributed by atoms with Gasteiger partial charge in [-0.15, -0.1) is 5.09 Å². The summed E-state index contributed by atoms with van der Waals surface area (Å²) in [4.78, 5) is 4.29. The molecule has 76 valence electrons. The van der Waals surface area contributed by atoms with Crippen molar-refractivity contribution in [3.05, 3.63) is 29.3 Å². The Hall–Kier alpha value is -0.960. The Morgan fingerprint density at radius 3 is 2.64 bits per heavy atom. The van der Waals surface area contributed by atoms with E-state index < -0.39 is 8.18 Å². The molecule has 0 aromatic heterocycles. The van der Waals surface area contributed by atoms with Gasteiger partial charge in [0.2, 0.25) is 0 Å². The van der Waals surface area contributed by atoms with Crippen molar-refractivity contribution in [2.75, 3.05) is 12.2 Å². The predicted octanol–water partition coefficient (Wildman–Crippen LogP) is 2.95. The zero-order chi connectivity index (χ0) is 10.6. The monoisotopic (exact) mass is 214 g/mol. The molecule has 1 unspecified atom stereocenters. The van der Waals surface area contributed by atoms with Crippen molar-refractivity contribution in [3.8, 4) is 0 Å². The fourth-order valence-electron chi connectivity index (χ4n) is 1.12. The molecule has 0 spiro atoms. The molecule has 14 heavy (non-hydrogen) atoms. The number of anilines is 1. The van der Waals surface area contributed by atoms with E-state index >= 15 is 0 Å². The maximum absolute atomic E-state index is 11.1. The minimum absolute atomic E-state index is 0.786. The van der Waals surface area contributed by atoms with Crippen molar-refractivity contribution in [3.63, 3.8) is 0 Å². The van der Waals surface area contributed by atoms with Gasteiger partial charge in [0.05, 0.1) is 12.8 Å². The van der Waals surface area contributed by atoms with Crippen molar-refractivity contribution in [1.29, 1.82) is 0 Å². The van der Waals surface area contributed by atoms with Gasteiger partial charge < -0.3 is 0 Å². The van der Waals surface area contributed by atoms with Crippen LogP contribution in [-0.2, 0) is 14.1 Å². The van der Waals surface area contributed by atoms with Gasteiger partial charge in [-0.2, -0.15) is 4.89 Å². The molecule has 1 rings (SSSR count). The average molecular weight is 214 g/mol. The number of hydrogen-bond donors (Lipinski definition) is 1. The minimum atomic E-state index is -2.01. The lowest BCUT2D eigenvalue weighted by Gasteiger charge is -2.00. The third-order valence-corrected chi connectivity index (χ3v) is 2.44. The molecule has 0 bridgehead atoms. The Bertz CT molecular complexity index is 341. The van der Waals surface area contributed by atoms with Gasteiger partial charge in [0.25, 0.3) is 0 Å². The predicted molar refractivity (Wildman–Crippen MR) is 55.2 cm³/mol. The standard InChI is InChI=1S/C9H13NO3P/c1-7-4-5-9(8(2)6-7)10-14(11)13-12-3/h4-6H,1-3H3,(H,10,11)/q+1. The molecule has 0 aliphatic carbocycles. The summed E-state index contributed by atoms with van der Waals surface area (Å²) in [5.41, 5.74) is 2.97. The maximum Gasteiger partial charge on any atom is 0.674 e. The molecule has 0 saturated heterocycles. The molecule has 0 aliphatic rings. The quantitative estimate of drug-likeness (QED) is 0.475. The van der Waals surface area contributed by atoms with Crippen LogP contribution < -0.4 is 5.09 Å². The van der Waals surface area contributed by atoms with E-state index in [4.69, 9.17) is 0 Å². The second kappa shape index (κ2) is 5.05. The zero-order valence-corrected chi connectivity index (χ0v) is 9.30. The molecule has 4 nitrogen and oxygen atoms in total. The Morgan fingerprint density at radius 2 is 2.07 bits per heavy atom. The van der Waals surface area contributed by atoms with Crippen molar-refractivity contribution in [2.24, 2.45) is 0 Å². The zero-order valence-electron chi connectivity index (χ0n) is 8.40. The molecule has 0 heterocycles. The van der Waals surface area contributed by atoms with Crippen LogP contribution >= 0.6 is 8.18 Å². The lowest BCUT2D eigenvalue weighted by atomic mass is 10.1. The third kappa shape index (κ3) is 3.07. The van der Waals surface area contributed by atoms with E-state index in [1.54, 1.807) is 0 Å². The molecular weight excluding hydrogens is 201 g/mol. The molecule has 0 radical (unpaired) electrons. The Morgan fingerprint density at radius 1 is 1.36 bits per heavy atom. The normalized spacial score (nSPS) is 11.2. The minimum Gasteiger partial charge on any atom is -0.191 e. The largest absolute Gasteiger partial charge is 0.674 e. The molecule has 0 saturated carbocycles. The van der Waals surface area contributed by atoms with E-state index in [1.807, 2.05) is 32.0 Å². The molecule has 1 atom stereocenters. The Kier molecular flexibility index (Phi) is 4.01. The van der Waals surface area contributed by atoms with Gasteiger partial charge in [0.15, 0.2) is 0 Å². The molecular formula is C9H13NO3P+. The van der Waals surface area contributed by atoms with Crippen molar-refractivity contribution in [2.45, 2.75) is 13.8 Å². The van der Waals surface area contributed by atoms with Crippen LogP contribution in [0.5, 0.6) is 0 Å². The molecule has 0 aliphatic heterocycles. The third-order valence-electron chi connectivity index (χ3n) is 1.74. The number of rotatable bonds is 4. The topological polar surface area (TPSA) is 47.6 Å². The molecule has 0 fully saturated rings. The van der Waals surface area contributed by atoms with Crippen LogP contribution in [0.25, 0.3) is 0 Å². The molecule has 1 aromatic rings. The van der Waals surface area contributed by atoms with Crippen molar-refractivity contribution < 1.29 is 14.1 Å². The van der Waals surface area contributed by atoms with Crippen LogP contribution in [0, 0.1) is 13.8 Å². The van der Waals surface area contributed by atoms with Gasteiger partial charge in [0.1, 0.15) is 0 Å². The smallest absolute Gasteiger partial charge is 0.191 e. The summed E-state index contributed by atoms with van der Waals surface area (Å²) in [6.07, 6.45) is 0. The summed E-state index contributed by atoms with van der Waals surface area (Å²) in [5.74, 6) is 0. The molecule has 1 N–H and O–H groups in total. The van der Waals surface area contributed by atoms with Crippen LogP contribution in [0.3, 0.4) is 0 Å². The van der Waals surface area contributed by atoms with Crippen LogP contribution in [0.4, 0.5) is 5.69 Å². The summed E-state index contributed by atoms with van der Waals surface area (Å²) in [7, 11) is -0.689. The van der Waals surface area contributed by atoms with E-state index in [1.165, 1.54) is 7.11 Å². The lowest BCUT2D eigenvalue weighted by molar-refractivity contribution is -0.171. The van der Waals surface area contributed by atoms with Crippen LogP contribution in [0.2, 0.25) is 0 Å². The highest BCUT2D eigenvalue weighted by Gasteiger charge is 2.19. The second-order valence-electron chi connectivity index (χ2n) is 2.93. The van der Waals surface area contributed by atoms with Gasteiger partial charge in [-0.3, -0.25) is 0 Å². The van der Waals surface area contributed by atoms with Gasteiger partial charge in [0, 0.05) is 9.24 Å². The highest BCUT2D eigenvalue weighted by Crippen LogP contribution is 2.27. The highest BCUT2D eigenvalue weighted by atomic mass is 31.1. The fraction of sp³-hybridized carbons (Fsp3) is 0.333. The average Bonchev–Trinajstić information content (AvgIpc) is 2.10. The van der Waals surface area contributed by atoms with Crippen LogP contribution in [0.1, 0.15) is 11.1 Å². The van der Waals surface area contributed by atoms with Crippen molar-refractivity contribution in [1.82, 2.24) is 0 Å².